The number of anilines is 2. The maximum atomic E-state index is 13.0. The third kappa shape index (κ3) is 4.21. The van der Waals surface area contributed by atoms with E-state index < -0.39 is 5.92 Å². The highest BCUT2D eigenvalue weighted by Gasteiger charge is 2.36. The topological polar surface area (TPSA) is 88.3 Å². The Morgan fingerprint density at radius 3 is 2.71 bits per heavy atom. The molecule has 7 nitrogen and oxygen atoms in total. The number of rotatable bonds is 6. The molecule has 0 bridgehead atoms. The Balaban J connectivity index is 1.53. The van der Waals surface area contributed by atoms with Crippen LogP contribution in [0.25, 0.3) is 11.4 Å². The van der Waals surface area contributed by atoms with E-state index in [1.807, 2.05) is 36.4 Å². The number of carbonyl (C=O) groups excluding carboxylic acids is 2. The van der Waals surface area contributed by atoms with Gasteiger partial charge in [-0.3, -0.25) is 9.59 Å². The van der Waals surface area contributed by atoms with Crippen molar-refractivity contribution >= 4 is 23.2 Å². The molecule has 0 aliphatic carbocycles. The van der Waals surface area contributed by atoms with E-state index in [1.54, 1.807) is 17.9 Å². The summed E-state index contributed by atoms with van der Waals surface area (Å²) >= 11 is 0. The summed E-state index contributed by atoms with van der Waals surface area (Å²) in [6.45, 7) is 6.36. The zero-order chi connectivity index (χ0) is 22.0. The van der Waals surface area contributed by atoms with E-state index in [4.69, 9.17) is 4.52 Å². The van der Waals surface area contributed by atoms with Gasteiger partial charge in [0.15, 0.2) is 0 Å². The Hall–Kier alpha value is -3.48. The highest BCUT2D eigenvalue weighted by molar-refractivity contribution is 6.04. The summed E-state index contributed by atoms with van der Waals surface area (Å²) in [5.41, 5.74) is 3.31. The zero-order valence-corrected chi connectivity index (χ0v) is 18.0. The smallest absolute Gasteiger partial charge is 0.229 e. The van der Waals surface area contributed by atoms with Gasteiger partial charge in [0.05, 0.1) is 11.6 Å². The molecule has 2 heterocycles. The highest BCUT2D eigenvalue weighted by atomic mass is 16.5. The number of hydrogen-bond acceptors (Lipinski definition) is 5. The van der Waals surface area contributed by atoms with E-state index in [1.165, 1.54) is 0 Å². The average Bonchev–Trinajstić information content (AvgIpc) is 3.39. The van der Waals surface area contributed by atoms with Crippen molar-refractivity contribution in [1.29, 1.82) is 0 Å². The lowest BCUT2D eigenvalue weighted by Gasteiger charge is -2.23. The molecule has 1 fully saturated rings. The summed E-state index contributed by atoms with van der Waals surface area (Å²) in [4.78, 5) is 31.9. The largest absolute Gasteiger partial charge is 0.339 e. The Bertz CT molecular complexity index is 1110. The molecule has 0 spiro atoms. The van der Waals surface area contributed by atoms with E-state index in [9.17, 15) is 9.59 Å². The standard InChI is InChI=1S/C24H26N4O3/c1-4-15(2)18-9-6-8-12-21(18)28-14-17(13-22(28)29)24(30)26-20-11-7-5-10-19(20)23-25-16(3)31-27-23/h5-12,15,17H,4,13-14H2,1-3H3,(H,26,30). The van der Waals surface area contributed by atoms with Crippen molar-refractivity contribution in [3.63, 3.8) is 0 Å². The third-order valence-electron chi connectivity index (χ3n) is 5.82. The monoisotopic (exact) mass is 418 g/mol. The minimum atomic E-state index is -0.433. The van der Waals surface area contributed by atoms with Crippen molar-refractivity contribution in [2.45, 2.75) is 39.5 Å². The molecule has 4 rings (SSSR count). The molecule has 1 saturated heterocycles. The van der Waals surface area contributed by atoms with Gasteiger partial charge in [-0.25, -0.2) is 0 Å². The van der Waals surface area contributed by atoms with E-state index >= 15 is 0 Å². The number of nitrogens with one attached hydrogen (secondary N) is 1. The molecule has 0 saturated carbocycles. The van der Waals surface area contributed by atoms with Gasteiger partial charge in [0.2, 0.25) is 23.5 Å². The second kappa shape index (κ2) is 8.71. The molecule has 1 aromatic heterocycles. The molecule has 2 aromatic carbocycles. The van der Waals surface area contributed by atoms with Gasteiger partial charge < -0.3 is 14.7 Å². The first-order chi connectivity index (χ1) is 15.0. The van der Waals surface area contributed by atoms with Crippen LogP contribution in [0.1, 0.15) is 44.1 Å². The van der Waals surface area contributed by atoms with Crippen molar-refractivity contribution in [3.05, 3.63) is 60.0 Å². The summed E-state index contributed by atoms with van der Waals surface area (Å²) in [6.07, 6.45) is 1.17. The third-order valence-corrected chi connectivity index (χ3v) is 5.82. The second-order valence-electron chi connectivity index (χ2n) is 7.95. The van der Waals surface area contributed by atoms with Gasteiger partial charge in [-0.05, 0) is 36.1 Å². The first-order valence-corrected chi connectivity index (χ1v) is 10.6. The molecule has 7 heteroatoms. The lowest BCUT2D eigenvalue weighted by atomic mass is 9.96. The van der Waals surface area contributed by atoms with E-state index in [0.717, 1.165) is 17.7 Å². The Morgan fingerprint density at radius 2 is 1.97 bits per heavy atom. The summed E-state index contributed by atoms with van der Waals surface area (Å²) in [6, 6.07) is 15.3. The lowest BCUT2D eigenvalue weighted by Crippen LogP contribution is -2.29. The van der Waals surface area contributed by atoms with Gasteiger partial charge in [0.1, 0.15) is 0 Å². The first-order valence-electron chi connectivity index (χ1n) is 10.6. The van der Waals surface area contributed by atoms with Crippen molar-refractivity contribution in [2.75, 3.05) is 16.8 Å². The predicted molar refractivity (Wildman–Crippen MR) is 119 cm³/mol. The fourth-order valence-corrected chi connectivity index (χ4v) is 3.92. The molecule has 1 N–H and O–H groups in total. The normalized spacial score (nSPS) is 17.1. The van der Waals surface area contributed by atoms with Gasteiger partial charge in [0, 0.05) is 31.1 Å². The minimum absolute atomic E-state index is 0.0296. The van der Waals surface area contributed by atoms with Crippen LogP contribution in [0.2, 0.25) is 0 Å². The summed E-state index contributed by atoms with van der Waals surface area (Å²) in [7, 11) is 0. The van der Waals surface area contributed by atoms with Crippen LogP contribution < -0.4 is 10.2 Å². The molecule has 2 unspecified atom stereocenters. The molecule has 1 aliphatic rings. The Labute approximate surface area is 181 Å². The number of aromatic nitrogens is 2. The lowest BCUT2D eigenvalue weighted by molar-refractivity contribution is -0.122. The van der Waals surface area contributed by atoms with Crippen LogP contribution in [0, 0.1) is 12.8 Å². The van der Waals surface area contributed by atoms with Crippen LogP contribution >= 0.6 is 0 Å². The molecule has 3 aromatic rings. The predicted octanol–water partition coefficient (Wildman–Crippen LogP) is 4.55. The highest BCUT2D eigenvalue weighted by Crippen LogP contribution is 2.34. The second-order valence-corrected chi connectivity index (χ2v) is 7.95. The number of carbonyl (C=O) groups is 2. The number of para-hydroxylation sites is 2. The van der Waals surface area contributed by atoms with Gasteiger partial charge in [0.25, 0.3) is 0 Å². The molecule has 31 heavy (non-hydrogen) atoms. The van der Waals surface area contributed by atoms with E-state index in [-0.39, 0.29) is 18.2 Å². The SMILES string of the molecule is CCC(C)c1ccccc1N1CC(C(=O)Nc2ccccc2-c2noc(C)n2)CC1=O. The average molecular weight is 418 g/mol. The summed E-state index contributed by atoms with van der Waals surface area (Å²) in [5.74, 6) is 0.551. The Morgan fingerprint density at radius 1 is 1.23 bits per heavy atom. The van der Waals surface area contributed by atoms with Gasteiger partial charge in [-0.1, -0.05) is 49.3 Å². The summed E-state index contributed by atoms with van der Waals surface area (Å²) < 4.78 is 5.07. The zero-order valence-electron chi connectivity index (χ0n) is 18.0. The van der Waals surface area contributed by atoms with Crippen molar-refractivity contribution in [2.24, 2.45) is 5.92 Å². The van der Waals surface area contributed by atoms with Crippen LogP contribution in [-0.4, -0.2) is 28.5 Å². The van der Waals surface area contributed by atoms with Crippen LogP contribution in [0.4, 0.5) is 11.4 Å². The van der Waals surface area contributed by atoms with Crippen LogP contribution in [0.5, 0.6) is 0 Å². The van der Waals surface area contributed by atoms with Crippen LogP contribution in [-0.2, 0) is 9.59 Å². The molecule has 2 atom stereocenters. The molecule has 2 amide bonds. The number of hydrogen-bond donors (Lipinski definition) is 1. The maximum absolute atomic E-state index is 13.0. The first kappa shape index (κ1) is 20.8. The van der Waals surface area contributed by atoms with Crippen molar-refractivity contribution in [1.82, 2.24) is 10.1 Å². The molecule has 1 aliphatic heterocycles. The Kier molecular flexibility index (Phi) is 5.84. The number of aryl methyl sites for hydroxylation is 1. The minimum Gasteiger partial charge on any atom is -0.339 e. The summed E-state index contributed by atoms with van der Waals surface area (Å²) in [5, 5.41) is 6.91. The molecule has 160 valence electrons. The van der Waals surface area contributed by atoms with Crippen molar-refractivity contribution in [3.8, 4) is 11.4 Å². The number of benzene rings is 2. The van der Waals surface area contributed by atoms with E-state index in [2.05, 4.69) is 35.4 Å². The van der Waals surface area contributed by atoms with Gasteiger partial charge >= 0.3 is 0 Å². The van der Waals surface area contributed by atoms with E-state index in [0.29, 0.717) is 35.4 Å². The molecule has 0 radical (unpaired) electrons. The van der Waals surface area contributed by atoms with Gasteiger partial charge in [-0.15, -0.1) is 0 Å². The van der Waals surface area contributed by atoms with Crippen LogP contribution in [0.3, 0.4) is 0 Å². The molecular weight excluding hydrogens is 392 g/mol. The fraction of sp³-hybridized carbons (Fsp3) is 0.333. The maximum Gasteiger partial charge on any atom is 0.229 e. The quantitative estimate of drug-likeness (QED) is 0.634. The number of amides is 2. The fourth-order valence-electron chi connectivity index (χ4n) is 3.92. The number of nitrogens with zero attached hydrogens (tertiary/aromatic N) is 3. The van der Waals surface area contributed by atoms with Gasteiger partial charge in [-0.2, -0.15) is 4.98 Å². The molecular formula is C24H26N4O3. The van der Waals surface area contributed by atoms with Crippen molar-refractivity contribution < 1.29 is 14.1 Å². The van der Waals surface area contributed by atoms with Crippen LogP contribution in [0.15, 0.2) is 53.1 Å².